The van der Waals surface area contributed by atoms with Crippen molar-refractivity contribution in [1.82, 2.24) is 14.9 Å². The number of sulfonamides is 1. The third-order valence-corrected chi connectivity index (χ3v) is 6.34. The first kappa shape index (κ1) is 21.3. The molecule has 0 saturated carbocycles. The van der Waals surface area contributed by atoms with E-state index in [2.05, 4.69) is 15.0 Å². The number of hydrogen-bond acceptors (Lipinski definition) is 4. The quantitative estimate of drug-likeness (QED) is 0.450. The van der Waals surface area contributed by atoms with E-state index in [9.17, 15) is 13.2 Å². The van der Waals surface area contributed by atoms with Crippen molar-refractivity contribution < 1.29 is 13.2 Å². The van der Waals surface area contributed by atoms with Crippen molar-refractivity contribution in [1.29, 1.82) is 0 Å². The minimum Gasteiger partial charge on any atom is -0.348 e. The van der Waals surface area contributed by atoms with E-state index < -0.39 is 10.0 Å². The molecule has 4 aromatic rings. The maximum atomic E-state index is 12.8. The van der Waals surface area contributed by atoms with E-state index in [0.29, 0.717) is 17.8 Å². The zero-order valence-corrected chi connectivity index (χ0v) is 18.2. The monoisotopic (exact) mass is 446 g/mol. The zero-order valence-electron chi connectivity index (χ0n) is 17.4. The fourth-order valence-corrected chi connectivity index (χ4v) is 4.41. The molecule has 162 valence electrons. The van der Waals surface area contributed by atoms with E-state index in [-0.39, 0.29) is 10.8 Å². The molecule has 0 radical (unpaired) electrons. The third-order valence-electron chi connectivity index (χ3n) is 4.95. The highest BCUT2D eigenvalue weighted by Gasteiger charge is 2.15. The largest absolute Gasteiger partial charge is 0.348 e. The second kappa shape index (κ2) is 9.07. The molecule has 0 unspecified atom stereocenters. The van der Waals surface area contributed by atoms with Gasteiger partial charge >= 0.3 is 0 Å². The van der Waals surface area contributed by atoms with Gasteiger partial charge in [-0.1, -0.05) is 42.5 Å². The summed E-state index contributed by atoms with van der Waals surface area (Å²) in [5.41, 5.74) is 2.54. The number of benzene rings is 3. The zero-order chi connectivity index (χ0) is 22.6. The number of carbonyl (C=O) groups excluding carboxylic acids is 1. The number of para-hydroxylation sites is 1. The standard InChI is InChI=1S/C24H22N4O3S/c1-18-25-14-15-28(18)23-13-6-5-8-20(23)17-26-24(29)19-9-7-10-21(16-19)27-32(30,31)22-11-3-2-4-12-22/h2-16,27H,17H2,1H3,(H,26,29). The highest BCUT2D eigenvalue weighted by molar-refractivity contribution is 7.92. The van der Waals surface area contributed by atoms with E-state index in [4.69, 9.17) is 0 Å². The maximum absolute atomic E-state index is 12.8. The molecule has 0 saturated heterocycles. The van der Waals surface area contributed by atoms with Gasteiger partial charge in [0.1, 0.15) is 5.82 Å². The number of anilines is 1. The van der Waals surface area contributed by atoms with Crippen LogP contribution in [0.25, 0.3) is 5.69 Å². The van der Waals surface area contributed by atoms with E-state index >= 15 is 0 Å². The topological polar surface area (TPSA) is 93.1 Å². The lowest BCUT2D eigenvalue weighted by Gasteiger charge is -2.13. The Morgan fingerprint density at radius 1 is 0.969 bits per heavy atom. The molecule has 7 nitrogen and oxygen atoms in total. The Balaban J connectivity index is 1.48. The van der Waals surface area contributed by atoms with Crippen LogP contribution in [0.2, 0.25) is 0 Å². The average Bonchev–Trinajstić information content (AvgIpc) is 3.24. The second-order valence-corrected chi connectivity index (χ2v) is 8.84. The lowest BCUT2D eigenvalue weighted by atomic mass is 10.1. The number of rotatable bonds is 7. The molecule has 8 heteroatoms. The van der Waals surface area contributed by atoms with Crippen LogP contribution in [-0.2, 0) is 16.6 Å². The molecule has 3 aromatic carbocycles. The summed E-state index contributed by atoms with van der Waals surface area (Å²) in [6.45, 7) is 2.23. The number of hydrogen-bond donors (Lipinski definition) is 2. The van der Waals surface area contributed by atoms with Crippen LogP contribution in [0.5, 0.6) is 0 Å². The Morgan fingerprint density at radius 3 is 2.47 bits per heavy atom. The van der Waals surface area contributed by atoms with Crippen molar-refractivity contribution >= 4 is 21.6 Å². The van der Waals surface area contributed by atoms with Gasteiger partial charge in [0.25, 0.3) is 15.9 Å². The van der Waals surface area contributed by atoms with E-state index in [1.807, 2.05) is 42.0 Å². The summed E-state index contributed by atoms with van der Waals surface area (Å²) in [6.07, 6.45) is 3.60. The molecule has 2 N–H and O–H groups in total. The molecule has 4 rings (SSSR count). The number of nitrogens with one attached hydrogen (secondary N) is 2. The van der Waals surface area contributed by atoms with Gasteiger partial charge in [0.15, 0.2) is 0 Å². The van der Waals surface area contributed by atoms with Crippen LogP contribution in [0.3, 0.4) is 0 Å². The highest BCUT2D eigenvalue weighted by atomic mass is 32.2. The summed E-state index contributed by atoms with van der Waals surface area (Å²) in [7, 11) is -3.74. The molecule has 0 fully saturated rings. The Labute approximate surface area is 186 Å². The first-order chi connectivity index (χ1) is 15.4. The highest BCUT2D eigenvalue weighted by Crippen LogP contribution is 2.18. The van der Waals surface area contributed by atoms with Crippen molar-refractivity contribution in [3.8, 4) is 5.69 Å². The Bertz CT molecular complexity index is 1350. The molecule has 0 aliphatic heterocycles. The lowest BCUT2D eigenvalue weighted by molar-refractivity contribution is 0.0951. The Hall–Kier alpha value is -3.91. The third kappa shape index (κ3) is 4.70. The van der Waals surface area contributed by atoms with Crippen LogP contribution in [0, 0.1) is 6.92 Å². The van der Waals surface area contributed by atoms with Crippen LogP contribution >= 0.6 is 0 Å². The molecule has 0 aliphatic rings. The van der Waals surface area contributed by atoms with Crippen molar-refractivity contribution in [2.75, 3.05) is 4.72 Å². The van der Waals surface area contributed by atoms with E-state index in [1.165, 1.54) is 18.2 Å². The lowest BCUT2D eigenvalue weighted by Crippen LogP contribution is -2.24. The number of aromatic nitrogens is 2. The van der Waals surface area contributed by atoms with Gasteiger partial charge in [-0.3, -0.25) is 9.52 Å². The molecular weight excluding hydrogens is 424 g/mol. The number of imidazole rings is 1. The fourth-order valence-electron chi connectivity index (χ4n) is 3.34. The van der Waals surface area contributed by atoms with Gasteiger partial charge < -0.3 is 9.88 Å². The van der Waals surface area contributed by atoms with E-state index in [1.54, 1.807) is 42.6 Å². The molecule has 0 aliphatic carbocycles. The van der Waals surface area contributed by atoms with Gasteiger partial charge in [0.2, 0.25) is 0 Å². The van der Waals surface area contributed by atoms with Crippen molar-refractivity contribution in [2.24, 2.45) is 0 Å². The summed E-state index contributed by atoms with van der Waals surface area (Å²) in [5.74, 6) is 0.546. The summed E-state index contributed by atoms with van der Waals surface area (Å²) in [4.78, 5) is 17.2. The summed E-state index contributed by atoms with van der Waals surface area (Å²) in [5, 5.41) is 2.91. The minimum atomic E-state index is -3.74. The van der Waals surface area contributed by atoms with Crippen LogP contribution in [0.15, 0.2) is 96.2 Å². The Morgan fingerprint density at radius 2 is 1.72 bits per heavy atom. The van der Waals surface area contributed by atoms with Gasteiger partial charge in [-0.15, -0.1) is 0 Å². The van der Waals surface area contributed by atoms with Gasteiger partial charge in [-0.05, 0) is 48.9 Å². The van der Waals surface area contributed by atoms with Gasteiger partial charge in [0, 0.05) is 30.2 Å². The summed E-state index contributed by atoms with van der Waals surface area (Å²) in [6, 6.07) is 22.2. The fraction of sp³-hybridized carbons (Fsp3) is 0.0833. The predicted octanol–water partition coefficient (Wildman–Crippen LogP) is 3.91. The second-order valence-electron chi connectivity index (χ2n) is 7.16. The average molecular weight is 447 g/mol. The van der Waals surface area contributed by atoms with E-state index in [0.717, 1.165) is 17.1 Å². The smallest absolute Gasteiger partial charge is 0.261 e. The molecule has 0 spiro atoms. The predicted molar refractivity (Wildman–Crippen MR) is 123 cm³/mol. The maximum Gasteiger partial charge on any atom is 0.261 e. The molecule has 0 bridgehead atoms. The molecule has 1 amide bonds. The number of nitrogens with zero attached hydrogens (tertiary/aromatic N) is 2. The summed E-state index contributed by atoms with van der Waals surface area (Å²) < 4.78 is 29.6. The summed E-state index contributed by atoms with van der Waals surface area (Å²) >= 11 is 0. The molecular formula is C24H22N4O3S. The molecule has 1 heterocycles. The minimum absolute atomic E-state index is 0.154. The van der Waals surface area contributed by atoms with Crippen LogP contribution in [0.4, 0.5) is 5.69 Å². The molecule has 1 aromatic heterocycles. The number of carbonyl (C=O) groups is 1. The van der Waals surface area contributed by atoms with Crippen molar-refractivity contribution in [3.05, 3.63) is 108 Å². The van der Waals surface area contributed by atoms with Crippen molar-refractivity contribution in [3.63, 3.8) is 0 Å². The van der Waals surface area contributed by atoms with Gasteiger partial charge in [-0.2, -0.15) is 0 Å². The molecule has 32 heavy (non-hydrogen) atoms. The first-order valence-corrected chi connectivity index (χ1v) is 11.5. The van der Waals surface area contributed by atoms with Crippen LogP contribution < -0.4 is 10.0 Å². The van der Waals surface area contributed by atoms with Gasteiger partial charge in [-0.25, -0.2) is 13.4 Å². The van der Waals surface area contributed by atoms with Gasteiger partial charge in [0.05, 0.1) is 10.6 Å². The first-order valence-electron chi connectivity index (χ1n) is 9.98. The SMILES string of the molecule is Cc1nccn1-c1ccccc1CNC(=O)c1cccc(NS(=O)(=O)c2ccccc2)c1. The Kier molecular flexibility index (Phi) is 6.04. The van der Waals surface area contributed by atoms with Crippen molar-refractivity contribution in [2.45, 2.75) is 18.4 Å². The number of amides is 1. The van der Waals surface area contributed by atoms with Crippen LogP contribution in [0.1, 0.15) is 21.7 Å². The number of aryl methyl sites for hydroxylation is 1. The molecule has 0 atom stereocenters. The van der Waals surface area contributed by atoms with Crippen LogP contribution in [-0.4, -0.2) is 23.9 Å². The normalized spacial score (nSPS) is 11.2.